The lowest BCUT2D eigenvalue weighted by Crippen LogP contribution is -2.28. The second kappa shape index (κ2) is 6.39. The summed E-state index contributed by atoms with van der Waals surface area (Å²) in [6.45, 7) is 3.71. The maximum atomic E-state index is 3.54. The summed E-state index contributed by atoms with van der Waals surface area (Å²) in [7, 11) is 4.28. The van der Waals surface area contributed by atoms with Crippen LogP contribution in [0.2, 0.25) is 0 Å². The predicted molar refractivity (Wildman–Crippen MR) is 58.0 cm³/mol. The Labute approximate surface area is 82.7 Å². The van der Waals surface area contributed by atoms with E-state index < -0.39 is 0 Å². The molecule has 2 heteroatoms. The Morgan fingerprint density at radius 1 is 1.23 bits per heavy atom. The van der Waals surface area contributed by atoms with Crippen molar-refractivity contribution in [1.82, 2.24) is 10.2 Å². The molecule has 0 amide bonds. The molecule has 1 aliphatic rings. The van der Waals surface area contributed by atoms with Crippen molar-refractivity contribution in [2.75, 3.05) is 33.7 Å². The van der Waals surface area contributed by atoms with Gasteiger partial charge in [0.15, 0.2) is 0 Å². The molecule has 2 nitrogen and oxygen atoms in total. The van der Waals surface area contributed by atoms with Crippen LogP contribution in [0, 0.1) is 5.92 Å². The van der Waals surface area contributed by atoms with Gasteiger partial charge in [0.05, 0.1) is 0 Å². The molecular formula is C11H24N2. The van der Waals surface area contributed by atoms with Crippen LogP contribution in [-0.2, 0) is 0 Å². The second-order valence-electron chi connectivity index (χ2n) is 4.51. The molecule has 0 saturated heterocycles. The van der Waals surface area contributed by atoms with E-state index in [9.17, 15) is 0 Å². The topological polar surface area (TPSA) is 15.3 Å². The average molecular weight is 184 g/mol. The largest absolute Gasteiger partial charge is 0.316 e. The fraction of sp³-hybridized carbons (Fsp3) is 1.00. The van der Waals surface area contributed by atoms with Gasteiger partial charge in [-0.2, -0.15) is 0 Å². The van der Waals surface area contributed by atoms with Gasteiger partial charge in [-0.25, -0.2) is 0 Å². The SMILES string of the molecule is CN(C)CCCCNCC1CCC1. The van der Waals surface area contributed by atoms with E-state index in [1.165, 1.54) is 51.7 Å². The van der Waals surface area contributed by atoms with Gasteiger partial charge in [-0.15, -0.1) is 0 Å². The van der Waals surface area contributed by atoms with E-state index >= 15 is 0 Å². The molecule has 0 aliphatic heterocycles. The Kier molecular flexibility index (Phi) is 5.40. The molecule has 1 N–H and O–H groups in total. The number of hydrogen-bond donors (Lipinski definition) is 1. The fourth-order valence-electron chi connectivity index (χ4n) is 1.68. The standard InChI is InChI=1S/C11H24N2/c1-13(2)9-4-3-8-12-10-11-6-5-7-11/h11-12H,3-10H2,1-2H3. The highest BCUT2D eigenvalue weighted by Crippen LogP contribution is 2.24. The van der Waals surface area contributed by atoms with Crippen molar-refractivity contribution in [3.8, 4) is 0 Å². The lowest BCUT2D eigenvalue weighted by atomic mass is 9.85. The number of nitrogens with one attached hydrogen (secondary N) is 1. The molecule has 0 aromatic heterocycles. The van der Waals surface area contributed by atoms with Gasteiger partial charge in [0.1, 0.15) is 0 Å². The Bertz CT molecular complexity index is 119. The van der Waals surface area contributed by atoms with Crippen LogP contribution in [0.15, 0.2) is 0 Å². The maximum absolute atomic E-state index is 3.54. The Morgan fingerprint density at radius 3 is 2.54 bits per heavy atom. The van der Waals surface area contributed by atoms with E-state index in [4.69, 9.17) is 0 Å². The molecule has 0 aromatic rings. The molecule has 0 bridgehead atoms. The first-order valence-electron chi connectivity index (χ1n) is 5.64. The van der Waals surface area contributed by atoms with Crippen LogP contribution in [0.3, 0.4) is 0 Å². The van der Waals surface area contributed by atoms with Crippen molar-refractivity contribution in [3.05, 3.63) is 0 Å². The third-order valence-electron chi connectivity index (χ3n) is 2.87. The number of nitrogens with zero attached hydrogens (tertiary/aromatic N) is 1. The Balaban J connectivity index is 1.73. The summed E-state index contributed by atoms with van der Waals surface area (Å²) in [5, 5.41) is 3.54. The summed E-state index contributed by atoms with van der Waals surface area (Å²) in [4.78, 5) is 2.26. The molecule has 1 fully saturated rings. The number of rotatable bonds is 7. The van der Waals surface area contributed by atoms with E-state index in [2.05, 4.69) is 24.3 Å². The van der Waals surface area contributed by atoms with Crippen LogP contribution in [0.1, 0.15) is 32.1 Å². The first-order valence-corrected chi connectivity index (χ1v) is 5.64. The summed E-state index contributed by atoms with van der Waals surface area (Å²) >= 11 is 0. The lowest BCUT2D eigenvalue weighted by molar-refractivity contribution is 0.300. The van der Waals surface area contributed by atoms with Crippen LogP contribution in [-0.4, -0.2) is 38.6 Å². The molecule has 1 saturated carbocycles. The zero-order chi connectivity index (χ0) is 9.52. The van der Waals surface area contributed by atoms with Crippen LogP contribution in [0.4, 0.5) is 0 Å². The third-order valence-corrected chi connectivity index (χ3v) is 2.87. The number of hydrogen-bond acceptors (Lipinski definition) is 2. The molecule has 78 valence electrons. The molecule has 0 atom stereocenters. The minimum absolute atomic E-state index is 1.01. The van der Waals surface area contributed by atoms with Gasteiger partial charge in [-0.1, -0.05) is 6.42 Å². The smallest absolute Gasteiger partial charge is 0.00205 e. The van der Waals surface area contributed by atoms with E-state index in [0.29, 0.717) is 0 Å². The van der Waals surface area contributed by atoms with E-state index in [0.717, 1.165) is 5.92 Å². The molecule has 0 aromatic carbocycles. The summed E-state index contributed by atoms with van der Waals surface area (Å²) in [6.07, 6.45) is 7.04. The van der Waals surface area contributed by atoms with Gasteiger partial charge in [-0.05, 0) is 65.3 Å². The molecule has 0 radical (unpaired) electrons. The van der Waals surface area contributed by atoms with Crippen molar-refractivity contribution in [3.63, 3.8) is 0 Å². The van der Waals surface area contributed by atoms with Gasteiger partial charge in [0, 0.05) is 0 Å². The quantitative estimate of drug-likeness (QED) is 0.606. The molecular weight excluding hydrogens is 160 g/mol. The lowest BCUT2D eigenvalue weighted by Gasteiger charge is -2.25. The van der Waals surface area contributed by atoms with Crippen molar-refractivity contribution in [2.45, 2.75) is 32.1 Å². The summed E-state index contributed by atoms with van der Waals surface area (Å²) in [5.74, 6) is 1.01. The summed E-state index contributed by atoms with van der Waals surface area (Å²) < 4.78 is 0. The summed E-state index contributed by atoms with van der Waals surface area (Å²) in [5.41, 5.74) is 0. The minimum Gasteiger partial charge on any atom is -0.316 e. The van der Waals surface area contributed by atoms with Crippen LogP contribution in [0.5, 0.6) is 0 Å². The highest BCUT2D eigenvalue weighted by molar-refractivity contribution is 4.71. The minimum atomic E-state index is 1.01. The molecule has 0 spiro atoms. The van der Waals surface area contributed by atoms with Gasteiger partial charge in [0.2, 0.25) is 0 Å². The van der Waals surface area contributed by atoms with E-state index in [1.807, 2.05) is 0 Å². The monoisotopic (exact) mass is 184 g/mol. The zero-order valence-electron chi connectivity index (χ0n) is 9.18. The zero-order valence-corrected chi connectivity index (χ0v) is 9.18. The third kappa shape index (κ3) is 5.27. The van der Waals surface area contributed by atoms with Gasteiger partial charge >= 0.3 is 0 Å². The molecule has 0 heterocycles. The van der Waals surface area contributed by atoms with Crippen molar-refractivity contribution >= 4 is 0 Å². The molecule has 0 unspecified atom stereocenters. The summed E-state index contributed by atoms with van der Waals surface area (Å²) in [6, 6.07) is 0. The first-order chi connectivity index (χ1) is 6.29. The molecule has 1 aliphatic carbocycles. The maximum Gasteiger partial charge on any atom is -0.00205 e. The molecule has 13 heavy (non-hydrogen) atoms. The Morgan fingerprint density at radius 2 is 2.00 bits per heavy atom. The van der Waals surface area contributed by atoms with Gasteiger partial charge in [-0.3, -0.25) is 0 Å². The highest BCUT2D eigenvalue weighted by atomic mass is 15.0. The average Bonchev–Trinajstić information content (AvgIpc) is 1.99. The second-order valence-corrected chi connectivity index (χ2v) is 4.51. The highest BCUT2D eigenvalue weighted by Gasteiger charge is 2.15. The van der Waals surface area contributed by atoms with Crippen LogP contribution < -0.4 is 5.32 Å². The van der Waals surface area contributed by atoms with Crippen molar-refractivity contribution in [2.24, 2.45) is 5.92 Å². The van der Waals surface area contributed by atoms with Gasteiger partial charge in [0.25, 0.3) is 0 Å². The fourth-order valence-corrected chi connectivity index (χ4v) is 1.68. The van der Waals surface area contributed by atoms with Crippen molar-refractivity contribution in [1.29, 1.82) is 0 Å². The van der Waals surface area contributed by atoms with E-state index in [-0.39, 0.29) is 0 Å². The Hall–Kier alpha value is -0.0800. The number of unbranched alkanes of at least 4 members (excludes halogenated alkanes) is 1. The van der Waals surface area contributed by atoms with E-state index in [1.54, 1.807) is 0 Å². The normalized spacial score (nSPS) is 17.8. The van der Waals surface area contributed by atoms with Crippen molar-refractivity contribution < 1.29 is 0 Å². The van der Waals surface area contributed by atoms with Crippen LogP contribution in [0.25, 0.3) is 0 Å². The molecule has 1 rings (SSSR count). The first kappa shape index (κ1) is 11.0. The van der Waals surface area contributed by atoms with Gasteiger partial charge < -0.3 is 10.2 Å². The van der Waals surface area contributed by atoms with Crippen LogP contribution >= 0.6 is 0 Å². The predicted octanol–water partition coefficient (Wildman–Crippen LogP) is 1.72.